The van der Waals surface area contributed by atoms with Crippen molar-refractivity contribution in [1.29, 1.82) is 0 Å². The molecule has 1 aliphatic heterocycles. The average molecular weight is 538 g/mol. The molecule has 0 unspecified atom stereocenters. The number of aromatic carboxylic acids is 1. The molecular weight excluding hydrogens is 506 g/mol. The average Bonchev–Trinajstić information content (AvgIpc) is 3.01. The van der Waals surface area contributed by atoms with Gasteiger partial charge in [-0.3, -0.25) is 9.88 Å². The van der Waals surface area contributed by atoms with Crippen molar-refractivity contribution < 1.29 is 24.5 Å². The zero-order valence-electron chi connectivity index (χ0n) is 22.0. The highest BCUT2D eigenvalue weighted by Gasteiger charge is 2.42. The summed E-state index contributed by atoms with van der Waals surface area (Å²) in [7, 11) is 0. The van der Waals surface area contributed by atoms with Crippen molar-refractivity contribution in [2.45, 2.75) is 25.0 Å². The number of hydrogen-bond donors (Lipinski definition) is 2. The summed E-state index contributed by atoms with van der Waals surface area (Å²) in [5.41, 5.74) is 0.512. The van der Waals surface area contributed by atoms with Gasteiger partial charge in [0.2, 0.25) is 5.60 Å². The van der Waals surface area contributed by atoms with E-state index >= 15 is 0 Å². The van der Waals surface area contributed by atoms with Gasteiger partial charge in [-0.15, -0.1) is 0 Å². The molecule has 0 aliphatic carbocycles. The first-order valence-electron chi connectivity index (χ1n) is 13.3. The molecule has 40 heavy (non-hydrogen) atoms. The number of aromatic nitrogens is 2. The van der Waals surface area contributed by atoms with Crippen LogP contribution in [0.15, 0.2) is 97.3 Å². The Morgan fingerprint density at radius 2 is 1.57 bits per heavy atom. The fraction of sp³-hybridized carbons (Fsp3) is 0.250. The maximum absolute atomic E-state index is 13.6. The first-order valence-corrected chi connectivity index (χ1v) is 13.3. The molecule has 0 spiro atoms. The van der Waals surface area contributed by atoms with Crippen molar-refractivity contribution in [1.82, 2.24) is 14.9 Å². The number of carbonyl (C=O) groups is 2. The first-order chi connectivity index (χ1) is 19.4. The highest BCUT2D eigenvalue weighted by Crippen LogP contribution is 2.34. The third-order valence-electron chi connectivity index (χ3n) is 7.32. The lowest BCUT2D eigenvalue weighted by atomic mass is 9.85. The normalized spacial score (nSPS) is 15.7. The van der Waals surface area contributed by atoms with Crippen LogP contribution in [-0.4, -0.2) is 56.7 Å². The second-order valence-corrected chi connectivity index (χ2v) is 10.1. The van der Waals surface area contributed by atoms with Crippen molar-refractivity contribution in [2.24, 2.45) is 5.92 Å². The fourth-order valence-electron chi connectivity index (χ4n) is 5.04. The summed E-state index contributed by atoms with van der Waals surface area (Å²) in [6, 6.07) is 25.7. The summed E-state index contributed by atoms with van der Waals surface area (Å²) in [4.78, 5) is 35.5. The van der Waals surface area contributed by atoms with Crippen LogP contribution >= 0.6 is 0 Å². The second-order valence-electron chi connectivity index (χ2n) is 10.1. The number of nitrogens with zero attached hydrogens (tertiary/aromatic N) is 3. The van der Waals surface area contributed by atoms with Crippen LogP contribution in [0.3, 0.4) is 0 Å². The van der Waals surface area contributed by atoms with Crippen molar-refractivity contribution in [3.8, 4) is 11.3 Å². The lowest BCUT2D eigenvalue weighted by Gasteiger charge is -2.33. The topological polar surface area (TPSA) is 113 Å². The molecule has 0 amide bonds. The Labute approximate surface area is 232 Å². The van der Waals surface area contributed by atoms with Gasteiger partial charge in [-0.05, 0) is 49.0 Å². The smallest absolute Gasteiger partial charge is 0.356 e. The van der Waals surface area contributed by atoms with Crippen molar-refractivity contribution in [2.75, 3.05) is 19.7 Å². The minimum absolute atomic E-state index is 0.199. The van der Waals surface area contributed by atoms with Gasteiger partial charge in [-0.25, -0.2) is 14.6 Å². The third kappa shape index (κ3) is 6.09. The molecule has 204 valence electrons. The summed E-state index contributed by atoms with van der Waals surface area (Å²) < 4.78 is 5.79. The van der Waals surface area contributed by atoms with E-state index in [1.807, 2.05) is 24.3 Å². The van der Waals surface area contributed by atoms with E-state index in [0.29, 0.717) is 22.4 Å². The van der Waals surface area contributed by atoms with Gasteiger partial charge in [0.15, 0.2) is 5.69 Å². The first kappa shape index (κ1) is 27.2. The van der Waals surface area contributed by atoms with Crippen molar-refractivity contribution in [3.63, 3.8) is 0 Å². The minimum atomic E-state index is -2.07. The summed E-state index contributed by atoms with van der Waals surface area (Å²) in [6.07, 6.45) is 4.41. The molecule has 0 bridgehead atoms. The second kappa shape index (κ2) is 12.2. The summed E-state index contributed by atoms with van der Waals surface area (Å²) in [5.74, 6) is -1.75. The number of ether oxygens (including phenoxy) is 1. The number of benzene rings is 3. The van der Waals surface area contributed by atoms with Gasteiger partial charge in [0.05, 0.1) is 24.7 Å². The number of rotatable bonds is 9. The minimum Gasteiger partial charge on any atom is -0.476 e. The number of hydrogen-bond acceptors (Lipinski definition) is 7. The molecule has 5 rings (SSSR count). The van der Waals surface area contributed by atoms with E-state index in [9.17, 15) is 19.8 Å². The van der Waals surface area contributed by atoms with Crippen LogP contribution in [0.1, 0.15) is 40.0 Å². The summed E-state index contributed by atoms with van der Waals surface area (Å²) in [5, 5.41) is 21.3. The van der Waals surface area contributed by atoms with Gasteiger partial charge >= 0.3 is 11.9 Å². The lowest BCUT2D eigenvalue weighted by Crippen LogP contribution is -2.40. The molecule has 0 radical (unpaired) electrons. The number of esters is 1. The van der Waals surface area contributed by atoms with Crippen LogP contribution in [0, 0.1) is 5.92 Å². The Kier molecular flexibility index (Phi) is 8.28. The SMILES string of the molecule is O=C(O)c1cncc(-c2cccc([C@](O)(C(=O)OCC3CCN(Cc4ccccc4)CC3)c3ccccc3)c2)n1. The molecule has 8 heteroatoms. The van der Waals surface area contributed by atoms with E-state index in [1.54, 1.807) is 48.5 Å². The zero-order chi connectivity index (χ0) is 28.0. The molecule has 2 N–H and O–H groups in total. The monoisotopic (exact) mass is 537 g/mol. The molecule has 1 aliphatic rings. The number of likely N-dealkylation sites (tertiary alicyclic amines) is 1. The summed E-state index contributed by atoms with van der Waals surface area (Å²) >= 11 is 0. The van der Waals surface area contributed by atoms with E-state index in [0.717, 1.165) is 32.5 Å². The number of piperidine rings is 1. The van der Waals surface area contributed by atoms with Crippen LogP contribution in [0.4, 0.5) is 0 Å². The predicted octanol–water partition coefficient (Wildman–Crippen LogP) is 4.53. The van der Waals surface area contributed by atoms with Gasteiger partial charge in [-0.2, -0.15) is 0 Å². The highest BCUT2D eigenvalue weighted by molar-refractivity contribution is 5.87. The molecule has 1 aromatic heterocycles. The quantitative estimate of drug-likeness (QED) is 0.300. The van der Waals surface area contributed by atoms with Crippen LogP contribution in [-0.2, 0) is 21.7 Å². The van der Waals surface area contributed by atoms with Crippen LogP contribution < -0.4 is 0 Å². The van der Waals surface area contributed by atoms with Crippen LogP contribution in [0.2, 0.25) is 0 Å². The van der Waals surface area contributed by atoms with E-state index in [4.69, 9.17) is 4.74 Å². The molecular formula is C32H31N3O5. The molecule has 1 fully saturated rings. The summed E-state index contributed by atoms with van der Waals surface area (Å²) in [6.45, 7) is 2.95. The Bertz CT molecular complexity index is 1460. The standard InChI is InChI=1S/C32H31N3O5/c36-30(37)29-20-33-19-28(34-29)25-10-7-13-27(18-25)32(39,26-11-5-2-6-12-26)31(38)40-22-24-14-16-35(17-15-24)21-23-8-3-1-4-9-23/h1-13,18-20,24,39H,14-17,21-22H2,(H,36,37)/t32-/m0/s1. The maximum Gasteiger partial charge on any atom is 0.356 e. The van der Waals surface area contributed by atoms with Crippen LogP contribution in [0.25, 0.3) is 11.3 Å². The molecule has 1 atom stereocenters. The Morgan fingerprint density at radius 3 is 2.27 bits per heavy atom. The zero-order valence-corrected chi connectivity index (χ0v) is 22.0. The predicted molar refractivity (Wildman–Crippen MR) is 149 cm³/mol. The molecule has 4 aromatic rings. The van der Waals surface area contributed by atoms with Crippen molar-refractivity contribution in [3.05, 3.63) is 120 Å². The molecule has 1 saturated heterocycles. The van der Waals surface area contributed by atoms with Gasteiger partial charge < -0.3 is 14.9 Å². The lowest BCUT2D eigenvalue weighted by molar-refractivity contribution is -0.164. The maximum atomic E-state index is 13.6. The Morgan fingerprint density at radius 1 is 0.900 bits per heavy atom. The van der Waals surface area contributed by atoms with E-state index in [1.165, 1.54) is 18.0 Å². The number of carboxylic acids is 1. The molecule has 0 saturated carbocycles. The largest absolute Gasteiger partial charge is 0.476 e. The van der Waals surface area contributed by atoms with Crippen LogP contribution in [0.5, 0.6) is 0 Å². The van der Waals surface area contributed by atoms with Crippen molar-refractivity contribution >= 4 is 11.9 Å². The van der Waals surface area contributed by atoms with Gasteiger partial charge in [-0.1, -0.05) is 78.9 Å². The van der Waals surface area contributed by atoms with Gasteiger partial charge in [0.25, 0.3) is 0 Å². The highest BCUT2D eigenvalue weighted by atomic mass is 16.5. The molecule has 3 aromatic carbocycles. The fourth-order valence-corrected chi connectivity index (χ4v) is 5.04. The van der Waals surface area contributed by atoms with E-state index in [-0.39, 0.29) is 18.2 Å². The Balaban J connectivity index is 1.32. The van der Waals surface area contributed by atoms with E-state index < -0.39 is 17.5 Å². The molecule has 8 nitrogen and oxygen atoms in total. The number of aliphatic hydroxyl groups is 1. The van der Waals surface area contributed by atoms with Gasteiger partial charge in [0, 0.05) is 17.7 Å². The number of carboxylic acid groups (broad SMARTS) is 1. The Hall–Kier alpha value is -4.40. The number of carbonyl (C=O) groups excluding carboxylic acids is 1. The third-order valence-corrected chi connectivity index (χ3v) is 7.32. The van der Waals surface area contributed by atoms with E-state index in [2.05, 4.69) is 27.0 Å². The molecule has 2 heterocycles. The van der Waals surface area contributed by atoms with Gasteiger partial charge in [0.1, 0.15) is 0 Å².